The lowest BCUT2D eigenvalue weighted by atomic mass is 10.1. The Hall–Kier alpha value is -2.86. The maximum absolute atomic E-state index is 12.7. The van der Waals surface area contributed by atoms with Crippen LogP contribution in [0, 0.1) is 0 Å². The summed E-state index contributed by atoms with van der Waals surface area (Å²) in [5, 5.41) is 1.95. The predicted octanol–water partition coefficient (Wildman–Crippen LogP) is 1.53. The number of quaternary nitrogens is 1. The van der Waals surface area contributed by atoms with Crippen LogP contribution in [-0.2, 0) is 16.0 Å². The number of methoxy groups -OCH3 is 1. The average molecular weight is 369 g/mol. The van der Waals surface area contributed by atoms with Crippen molar-refractivity contribution in [1.82, 2.24) is 0 Å². The molecule has 0 unspecified atom stereocenters. The number of benzene rings is 2. The molecule has 2 N–H and O–H groups in total. The Bertz CT molecular complexity index is 804. The minimum atomic E-state index is -0.376. The number of para-hydroxylation sites is 1. The van der Waals surface area contributed by atoms with Gasteiger partial charge in [-0.1, -0.05) is 18.2 Å². The normalized spacial score (nSPS) is 16.7. The third kappa shape index (κ3) is 4.28. The number of nitrogens with zero attached hydrogens (tertiary/aromatic N) is 1. The number of imide groups is 1. The molecule has 27 heavy (non-hydrogen) atoms. The third-order valence-corrected chi connectivity index (χ3v) is 4.64. The number of amides is 2. The highest BCUT2D eigenvalue weighted by Crippen LogP contribution is 2.24. The second kappa shape index (κ2) is 8.68. The SMILES string of the molecule is CCOc1ccc(N2C(=O)C[C@H]([NH2+]CCc3ccccc3OC)C2=O)cc1. The number of hydrogen-bond acceptors (Lipinski definition) is 4. The Labute approximate surface area is 159 Å². The Morgan fingerprint density at radius 1 is 1.11 bits per heavy atom. The van der Waals surface area contributed by atoms with Gasteiger partial charge >= 0.3 is 0 Å². The fourth-order valence-corrected chi connectivity index (χ4v) is 3.32. The lowest BCUT2D eigenvalue weighted by Crippen LogP contribution is -2.92. The molecule has 2 amide bonds. The zero-order chi connectivity index (χ0) is 19.2. The summed E-state index contributed by atoms with van der Waals surface area (Å²) in [5.74, 6) is 1.24. The summed E-state index contributed by atoms with van der Waals surface area (Å²) in [6.45, 7) is 3.19. The van der Waals surface area contributed by atoms with E-state index < -0.39 is 0 Å². The topological polar surface area (TPSA) is 72.4 Å². The van der Waals surface area contributed by atoms with E-state index in [-0.39, 0.29) is 24.3 Å². The largest absolute Gasteiger partial charge is 0.496 e. The first-order chi connectivity index (χ1) is 13.1. The molecule has 1 aliphatic heterocycles. The van der Waals surface area contributed by atoms with Gasteiger partial charge < -0.3 is 14.8 Å². The summed E-state index contributed by atoms with van der Waals surface area (Å²) < 4.78 is 10.8. The van der Waals surface area contributed by atoms with Gasteiger partial charge in [0.05, 0.1) is 32.4 Å². The molecule has 0 aromatic heterocycles. The van der Waals surface area contributed by atoms with Crippen LogP contribution in [0.5, 0.6) is 11.5 Å². The maximum atomic E-state index is 12.7. The fraction of sp³-hybridized carbons (Fsp3) is 0.333. The molecule has 0 radical (unpaired) electrons. The van der Waals surface area contributed by atoms with Gasteiger partial charge in [0.1, 0.15) is 11.5 Å². The number of carbonyl (C=O) groups excluding carboxylic acids is 2. The van der Waals surface area contributed by atoms with Crippen molar-refractivity contribution in [3.8, 4) is 11.5 Å². The molecule has 0 saturated carbocycles. The van der Waals surface area contributed by atoms with Crippen LogP contribution in [0.2, 0.25) is 0 Å². The summed E-state index contributed by atoms with van der Waals surface area (Å²) in [6.07, 6.45) is 0.989. The molecule has 1 atom stereocenters. The van der Waals surface area contributed by atoms with Crippen molar-refractivity contribution >= 4 is 17.5 Å². The molecule has 3 rings (SSSR count). The molecular weight excluding hydrogens is 344 g/mol. The summed E-state index contributed by atoms with van der Waals surface area (Å²) in [6, 6.07) is 14.5. The second-order valence-electron chi connectivity index (χ2n) is 6.39. The molecule has 6 nitrogen and oxygen atoms in total. The fourth-order valence-electron chi connectivity index (χ4n) is 3.32. The average Bonchev–Trinajstić information content (AvgIpc) is 2.97. The van der Waals surface area contributed by atoms with Crippen molar-refractivity contribution in [2.75, 3.05) is 25.2 Å². The van der Waals surface area contributed by atoms with Crippen molar-refractivity contribution in [2.45, 2.75) is 25.8 Å². The van der Waals surface area contributed by atoms with Gasteiger partial charge in [0.25, 0.3) is 5.91 Å². The molecule has 6 heteroatoms. The van der Waals surface area contributed by atoms with Crippen LogP contribution >= 0.6 is 0 Å². The highest BCUT2D eigenvalue weighted by atomic mass is 16.5. The van der Waals surface area contributed by atoms with E-state index >= 15 is 0 Å². The van der Waals surface area contributed by atoms with E-state index in [4.69, 9.17) is 9.47 Å². The number of rotatable bonds is 8. The van der Waals surface area contributed by atoms with Gasteiger partial charge in [-0.15, -0.1) is 0 Å². The van der Waals surface area contributed by atoms with Crippen LogP contribution in [0.4, 0.5) is 5.69 Å². The highest BCUT2D eigenvalue weighted by Gasteiger charge is 2.42. The molecule has 0 spiro atoms. The van der Waals surface area contributed by atoms with Gasteiger partial charge in [-0.25, -0.2) is 4.90 Å². The Morgan fingerprint density at radius 3 is 2.56 bits per heavy atom. The number of hydrogen-bond donors (Lipinski definition) is 1. The maximum Gasteiger partial charge on any atom is 0.292 e. The lowest BCUT2D eigenvalue weighted by Gasteiger charge is -2.15. The summed E-state index contributed by atoms with van der Waals surface area (Å²) in [4.78, 5) is 26.4. The quantitative estimate of drug-likeness (QED) is 0.717. The summed E-state index contributed by atoms with van der Waals surface area (Å²) in [5.41, 5.74) is 1.69. The van der Waals surface area contributed by atoms with Crippen molar-refractivity contribution < 1.29 is 24.4 Å². The van der Waals surface area contributed by atoms with Gasteiger partial charge in [-0.2, -0.15) is 0 Å². The van der Waals surface area contributed by atoms with Crippen molar-refractivity contribution in [2.24, 2.45) is 0 Å². The van der Waals surface area contributed by atoms with Gasteiger partial charge in [-0.3, -0.25) is 9.59 Å². The Morgan fingerprint density at radius 2 is 1.85 bits per heavy atom. The number of nitrogens with two attached hydrogens (primary N) is 1. The molecule has 1 saturated heterocycles. The summed E-state index contributed by atoms with van der Waals surface area (Å²) in [7, 11) is 1.65. The molecular formula is C21H25N2O4+. The monoisotopic (exact) mass is 369 g/mol. The van der Waals surface area contributed by atoms with Crippen molar-refractivity contribution in [3.63, 3.8) is 0 Å². The molecule has 1 aliphatic rings. The third-order valence-electron chi connectivity index (χ3n) is 4.64. The first kappa shape index (κ1) is 18.9. The van der Waals surface area contributed by atoms with Crippen LogP contribution < -0.4 is 19.7 Å². The number of anilines is 1. The van der Waals surface area contributed by atoms with Gasteiger partial charge in [0.15, 0.2) is 6.04 Å². The minimum Gasteiger partial charge on any atom is -0.496 e. The zero-order valence-electron chi connectivity index (χ0n) is 15.7. The number of carbonyl (C=O) groups is 2. The zero-order valence-corrected chi connectivity index (χ0v) is 15.7. The van der Waals surface area contributed by atoms with E-state index in [1.54, 1.807) is 31.4 Å². The van der Waals surface area contributed by atoms with Gasteiger partial charge in [-0.05, 0) is 42.8 Å². The smallest absolute Gasteiger partial charge is 0.292 e. The van der Waals surface area contributed by atoms with Crippen LogP contribution in [0.15, 0.2) is 48.5 Å². The van der Waals surface area contributed by atoms with E-state index in [9.17, 15) is 9.59 Å². The molecule has 1 heterocycles. The molecule has 2 aromatic rings. The van der Waals surface area contributed by atoms with Crippen LogP contribution in [0.1, 0.15) is 18.9 Å². The summed E-state index contributed by atoms with van der Waals surface area (Å²) >= 11 is 0. The first-order valence-corrected chi connectivity index (χ1v) is 9.19. The molecule has 2 aromatic carbocycles. The Balaban J connectivity index is 1.60. The lowest BCUT2D eigenvalue weighted by molar-refractivity contribution is -0.674. The molecule has 0 aliphatic carbocycles. The first-order valence-electron chi connectivity index (χ1n) is 9.19. The standard InChI is InChI=1S/C21H24N2O4/c1-3-27-17-10-8-16(9-11-17)23-20(24)14-18(21(23)25)22-13-12-15-6-4-5-7-19(15)26-2/h4-11,18,22H,3,12-14H2,1-2H3/p+1/t18-/m0/s1. The van der Waals surface area contributed by atoms with Crippen LogP contribution in [0.25, 0.3) is 0 Å². The molecule has 1 fully saturated rings. The minimum absolute atomic E-state index is 0.163. The van der Waals surface area contributed by atoms with E-state index in [0.717, 1.165) is 23.5 Å². The second-order valence-corrected chi connectivity index (χ2v) is 6.39. The van der Waals surface area contributed by atoms with Crippen molar-refractivity contribution in [3.05, 3.63) is 54.1 Å². The van der Waals surface area contributed by atoms with Crippen LogP contribution in [0.3, 0.4) is 0 Å². The van der Waals surface area contributed by atoms with Crippen molar-refractivity contribution in [1.29, 1.82) is 0 Å². The van der Waals surface area contributed by atoms with E-state index in [1.165, 1.54) is 4.90 Å². The van der Waals surface area contributed by atoms with Crippen LogP contribution in [-0.4, -0.2) is 38.1 Å². The number of ether oxygens (including phenoxy) is 2. The van der Waals surface area contributed by atoms with E-state index in [2.05, 4.69) is 0 Å². The van der Waals surface area contributed by atoms with Gasteiger partial charge in [0.2, 0.25) is 5.91 Å². The van der Waals surface area contributed by atoms with E-state index in [0.29, 0.717) is 18.8 Å². The van der Waals surface area contributed by atoms with Gasteiger partial charge in [0, 0.05) is 6.42 Å². The Kier molecular flexibility index (Phi) is 6.08. The predicted molar refractivity (Wildman–Crippen MR) is 102 cm³/mol. The molecule has 0 bridgehead atoms. The van der Waals surface area contributed by atoms with E-state index in [1.807, 2.05) is 36.5 Å². The highest BCUT2D eigenvalue weighted by molar-refractivity contribution is 6.21. The molecule has 142 valence electrons.